The summed E-state index contributed by atoms with van der Waals surface area (Å²) in [6.07, 6.45) is 4.32. The predicted molar refractivity (Wildman–Crippen MR) is 112 cm³/mol. The Bertz CT molecular complexity index is 625. The lowest BCUT2D eigenvalue weighted by atomic mass is 9.62. The van der Waals surface area contributed by atoms with Crippen molar-refractivity contribution < 1.29 is 11.3 Å². The first-order valence-corrected chi connectivity index (χ1v) is 10.3. The van der Waals surface area contributed by atoms with E-state index >= 15 is 0 Å². The third-order valence-corrected chi connectivity index (χ3v) is 6.28. The average Bonchev–Trinajstić information content (AvgIpc) is 3.04. The molecule has 0 saturated carbocycles. The van der Waals surface area contributed by atoms with Crippen LogP contribution in [0.15, 0.2) is 12.1 Å². The minimum Gasteiger partial charge on any atom is -0.376 e. The van der Waals surface area contributed by atoms with Gasteiger partial charge in [-0.15, -0.1) is 0 Å². The Morgan fingerprint density at radius 3 is 2.15 bits per heavy atom. The summed E-state index contributed by atoms with van der Waals surface area (Å²) in [6.45, 7) is 15.7. The van der Waals surface area contributed by atoms with Crippen LogP contribution in [0.5, 0.6) is 0 Å². The van der Waals surface area contributed by atoms with Crippen molar-refractivity contribution in [2.75, 3.05) is 0 Å². The highest BCUT2D eigenvalue weighted by molar-refractivity contribution is 5.47. The summed E-state index contributed by atoms with van der Waals surface area (Å²) in [5.74, 6) is 0. The van der Waals surface area contributed by atoms with E-state index in [-0.39, 0.29) is 24.5 Å². The molecule has 3 N–H and O–H groups in total. The Balaban J connectivity index is 0.00000118. The van der Waals surface area contributed by atoms with Gasteiger partial charge in [0.05, 0.1) is 12.2 Å². The maximum Gasteiger partial charge on any atom is 0.128 e. The zero-order valence-electron chi connectivity index (χ0n) is 17.9. The van der Waals surface area contributed by atoms with Gasteiger partial charge in [0.15, 0.2) is 0 Å². The molecule has 1 aromatic rings. The number of hydrogen-bond acceptors (Lipinski definition) is 3. The standard InChI is InChI=1S/C21H33NO2.C2H6.H2/c1-13-10-16-17(21(4,5)9-8-20(16,2)3)12-14(13)11-15-6-7-18(24-15)19(22)23;1-2;/h10,12,15,18-19,23H,6-9,11,22H2,1-5H3;1-2H3;1H/t15?,18-,19?;;/m1../s1. The van der Waals surface area contributed by atoms with E-state index in [2.05, 4.69) is 46.8 Å². The number of nitrogens with two attached hydrogens (primary N) is 1. The summed E-state index contributed by atoms with van der Waals surface area (Å²) in [4.78, 5) is 0. The molecule has 0 aromatic heterocycles. The number of benzene rings is 1. The molecule has 0 radical (unpaired) electrons. The fraction of sp³-hybridized carbons (Fsp3) is 0.739. The molecule has 1 heterocycles. The molecule has 1 fully saturated rings. The van der Waals surface area contributed by atoms with Crippen molar-refractivity contribution in [2.24, 2.45) is 5.73 Å². The van der Waals surface area contributed by atoms with Gasteiger partial charge in [-0.25, -0.2) is 0 Å². The fourth-order valence-corrected chi connectivity index (χ4v) is 4.37. The summed E-state index contributed by atoms with van der Waals surface area (Å²) < 4.78 is 5.94. The van der Waals surface area contributed by atoms with Gasteiger partial charge >= 0.3 is 0 Å². The van der Waals surface area contributed by atoms with Crippen molar-refractivity contribution >= 4 is 0 Å². The first-order chi connectivity index (χ1) is 12.1. The van der Waals surface area contributed by atoms with E-state index in [9.17, 15) is 5.11 Å². The lowest BCUT2D eigenvalue weighted by molar-refractivity contribution is -0.0308. The number of ether oxygens (including phenoxy) is 1. The average molecular weight is 364 g/mol. The number of aliphatic hydroxyl groups is 1. The second kappa shape index (κ2) is 8.00. The van der Waals surface area contributed by atoms with E-state index in [1.165, 1.54) is 35.1 Å². The number of hydrogen-bond donors (Lipinski definition) is 2. The Morgan fingerprint density at radius 1 is 1.12 bits per heavy atom. The number of aliphatic hydroxyl groups excluding tert-OH is 1. The highest BCUT2D eigenvalue weighted by atomic mass is 16.5. The van der Waals surface area contributed by atoms with E-state index in [1.54, 1.807) is 0 Å². The van der Waals surface area contributed by atoms with Crippen molar-refractivity contribution in [3.05, 3.63) is 34.4 Å². The molecule has 1 saturated heterocycles. The highest BCUT2D eigenvalue weighted by Gasteiger charge is 2.38. The Labute approximate surface area is 161 Å². The monoisotopic (exact) mass is 363 g/mol. The molecular weight excluding hydrogens is 322 g/mol. The molecule has 1 aliphatic heterocycles. The normalized spacial score (nSPS) is 27.3. The molecule has 26 heavy (non-hydrogen) atoms. The van der Waals surface area contributed by atoms with E-state index in [0.717, 1.165) is 19.3 Å². The van der Waals surface area contributed by atoms with Gasteiger partial charge in [-0.2, -0.15) is 0 Å². The summed E-state index contributed by atoms with van der Waals surface area (Å²) in [5, 5.41) is 9.53. The maximum atomic E-state index is 9.53. The lowest BCUT2D eigenvalue weighted by Gasteiger charge is -2.42. The maximum absolute atomic E-state index is 9.53. The van der Waals surface area contributed by atoms with Crippen LogP contribution in [0.3, 0.4) is 0 Å². The molecule has 1 aromatic carbocycles. The molecule has 3 atom stereocenters. The van der Waals surface area contributed by atoms with Gasteiger partial charge in [-0.1, -0.05) is 53.7 Å². The van der Waals surface area contributed by atoms with Gasteiger partial charge in [-0.05, 0) is 72.1 Å². The minimum atomic E-state index is -0.862. The Morgan fingerprint density at radius 2 is 1.65 bits per heavy atom. The predicted octanol–water partition coefficient (Wildman–Crippen LogP) is 4.98. The zero-order valence-corrected chi connectivity index (χ0v) is 17.9. The van der Waals surface area contributed by atoms with Crippen LogP contribution < -0.4 is 5.73 Å². The first-order valence-electron chi connectivity index (χ1n) is 10.3. The lowest BCUT2D eigenvalue weighted by Crippen LogP contribution is -2.35. The summed E-state index contributed by atoms with van der Waals surface area (Å²) >= 11 is 0. The molecular formula is C23H41NO2. The van der Waals surface area contributed by atoms with Gasteiger partial charge < -0.3 is 15.6 Å². The Hall–Kier alpha value is -0.900. The molecule has 0 bridgehead atoms. The molecule has 3 rings (SSSR count). The molecule has 0 spiro atoms. The smallest absolute Gasteiger partial charge is 0.128 e. The van der Waals surface area contributed by atoms with Crippen molar-refractivity contribution in [1.29, 1.82) is 0 Å². The second-order valence-corrected chi connectivity index (χ2v) is 9.16. The quantitative estimate of drug-likeness (QED) is 0.744. The van der Waals surface area contributed by atoms with Crippen LogP contribution in [0.2, 0.25) is 0 Å². The van der Waals surface area contributed by atoms with Crippen molar-refractivity contribution in [2.45, 2.75) is 110 Å². The highest BCUT2D eigenvalue weighted by Crippen LogP contribution is 2.46. The molecule has 1 aliphatic carbocycles. The SMILES string of the molecule is CC.Cc1cc2c(cc1CC1CC[C@H](C(N)O)O1)C(C)(C)CCC2(C)C.[HH]. The van der Waals surface area contributed by atoms with E-state index in [4.69, 9.17) is 10.5 Å². The van der Waals surface area contributed by atoms with Crippen LogP contribution in [-0.2, 0) is 22.0 Å². The van der Waals surface area contributed by atoms with Crippen LogP contribution in [0.4, 0.5) is 0 Å². The molecule has 3 nitrogen and oxygen atoms in total. The van der Waals surface area contributed by atoms with E-state index in [0.29, 0.717) is 0 Å². The minimum absolute atomic E-state index is 0. The van der Waals surface area contributed by atoms with Crippen LogP contribution in [0, 0.1) is 6.92 Å². The molecule has 3 heteroatoms. The molecule has 0 amide bonds. The number of rotatable bonds is 3. The molecule has 2 aliphatic rings. The van der Waals surface area contributed by atoms with E-state index < -0.39 is 6.23 Å². The first kappa shape index (κ1) is 21.4. The van der Waals surface area contributed by atoms with Gasteiger partial charge in [0, 0.05) is 1.43 Å². The van der Waals surface area contributed by atoms with Crippen molar-refractivity contribution in [3.63, 3.8) is 0 Å². The second-order valence-electron chi connectivity index (χ2n) is 9.16. The Kier molecular flexibility index (Phi) is 6.58. The summed E-state index contributed by atoms with van der Waals surface area (Å²) in [7, 11) is 0. The van der Waals surface area contributed by atoms with Crippen LogP contribution in [0.1, 0.15) is 90.9 Å². The molecule has 2 unspecified atom stereocenters. The summed E-state index contributed by atoms with van der Waals surface area (Å²) in [6, 6.07) is 4.84. The van der Waals surface area contributed by atoms with E-state index in [1.807, 2.05) is 13.8 Å². The van der Waals surface area contributed by atoms with Crippen LogP contribution in [0.25, 0.3) is 0 Å². The van der Waals surface area contributed by atoms with Crippen molar-refractivity contribution in [3.8, 4) is 0 Å². The van der Waals surface area contributed by atoms with Gasteiger partial charge in [-0.3, -0.25) is 0 Å². The third kappa shape index (κ3) is 4.32. The third-order valence-electron chi connectivity index (χ3n) is 6.28. The molecule has 150 valence electrons. The van der Waals surface area contributed by atoms with Crippen LogP contribution >= 0.6 is 0 Å². The topological polar surface area (TPSA) is 55.5 Å². The number of fused-ring (bicyclic) bond motifs is 1. The number of aryl methyl sites for hydroxylation is 1. The summed E-state index contributed by atoms with van der Waals surface area (Å²) in [5.41, 5.74) is 11.8. The largest absolute Gasteiger partial charge is 0.376 e. The van der Waals surface area contributed by atoms with Crippen LogP contribution in [-0.4, -0.2) is 23.5 Å². The zero-order chi connectivity index (χ0) is 19.7. The van der Waals surface area contributed by atoms with Gasteiger partial charge in [0.25, 0.3) is 0 Å². The van der Waals surface area contributed by atoms with Crippen molar-refractivity contribution in [1.82, 2.24) is 0 Å². The fourth-order valence-electron chi connectivity index (χ4n) is 4.37. The van der Waals surface area contributed by atoms with Gasteiger partial charge in [0.1, 0.15) is 6.23 Å². The van der Waals surface area contributed by atoms with Gasteiger partial charge in [0.2, 0.25) is 0 Å².